The first-order valence-electron chi connectivity index (χ1n) is 5.08. The number of aromatic hydroxyl groups is 1. The van der Waals surface area contributed by atoms with Crippen LogP contribution >= 0.6 is 0 Å². The van der Waals surface area contributed by atoms with Crippen LogP contribution in [0.2, 0.25) is 0 Å². The van der Waals surface area contributed by atoms with Gasteiger partial charge in [-0.3, -0.25) is 4.79 Å². The Labute approximate surface area is 98.7 Å². The molecule has 0 saturated heterocycles. The van der Waals surface area contributed by atoms with E-state index in [9.17, 15) is 9.90 Å². The largest absolute Gasteiger partial charge is 0.508 e. The van der Waals surface area contributed by atoms with Crippen molar-refractivity contribution in [2.45, 2.75) is 19.4 Å². The summed E-state index contributed by atoms with van der Waals surface area (Å²) in [5, 5.41) is 23.2. The zero-order valence-electron chi connectivity index (χ0n) is 9.42. The zero-order chi connectivity index (χ0) is 12.8. The number of phenols is 1. The van der Waals surface area contributed by atoms with Gasteiger partial charge in [0.25, 0.3) is 0 Å². The molecule has 92 valence electrons. The highest BCUT2D eigenvalue weighted by Crippen LogP contribution is 2.15. The summed E-state index contributed by atoms with van der Waals surface area (Å²) in [6.07, 6.45) is 0.0374. The van der Waals surface area contributed by atoms with E-state index < -0.39 is 6.04 Å². The number of nitrogens with zero attached hydrogens (tertiary/aromatic N) is 1. The highest BCUT2D eigenvalue weighted by Gasteiger charge is 2.12. The lowest BCUT2D eigenvalue weighted by Gasteiger charge is -2.12. The van der Waals surface area contributed by atoms with Gasteiger partial charge in [0, 0.05) is 5.56 Å². The first-order chi connectivity index (χ1) is 8.04. The van der Waals surface area contributed by atoms with Crippen LogP contribution in [-0.4, -0.2) is 28.1 Å². The number of carbonyl (C=O) groups is 1. The van der Waals surface area contributed by atoms with Crippen LogP contribution in [0.15, 0.2) is 29.4 Å². The fourth-order valence-corrected chi connectivity index (χ4v) is 1.29. The summed E-state index contributed by atoms with van der Waals surface area (Å²) in [5.41, 5.74) is 5.85. The zero-order valence-corrected chi connectivity index (χ0v) is 9.42. The van der Waals surface area contributed by atoms with Crippen LogP contribution in [0.5, 0.6) is 5.75 Å². The van der Waals surface area contributed by atoms with E-state index in [0.29, 0.717) is 5.56 Å². The number of para-hydroxylation sites is 1. The summed E-state index contributed by atoms with van der Waals surface area (Å²) < 4.78 is 0. The van der Waals surface area contributed by atoms with Crippen molar-refractivity contribution in [1.29, 1.82) is 0 Å². The van der Waals surface area contributed by atoms with Gasteiger partial charge in [0.2, 0.25) is 5.91 Å². The molecule has 6 heteroatoms. The SMILES string of the molecule is CC(NC(=O)Cc1ccccc1O)/C(N)=N/O. The van der Waals surface area contributed by atoms with Crippen molar-refractivity contribution in [3.05, 3.63) is 29.8 Å². The third-order valence-corrected chi connectivity index (χ3v) is 2.28. The number of phenolic OH excluding ortho intramolecular Hbond substituents is 1. The van der Waals surface area contributed by atoms with Gasteiger partial charge in [-0.25, -0.2) is 0 Å². The molecule has 0 aromatic heterocycles. The molecule has 0 spiro atoms. The molecule has 5 N–H and O–H groups in total. The molecule has 17 heavy (non-hydrogen) atoms. The molecular weight excluding hydrogens is 222 g/mol. The lowest BCUT2D eigenvalue weighted by molar-refractivity contribution is -0.120. The quantitative estimate of drug-likeness (QED) is 0.259. The Balaban J connectivity index is 2.59. The number of carbonyl (C=O) groups excluding carboxylic acids is 1. The van der Waals surface area contributed by atoms with Gasteiger partial charge in [-0.05, 0) is 13.0 Å². The Hall–Kier alpha value is -2.24. The molecule has 1 aromatic carbocycles. The van der Waals surface area contributed by atoms with Crippen LogP contribution in [0.4, 0.5) is 0 Å². The number of nitrogens with two attached hydrogens (primary N) is 1. The number of nitrogens with one attached hydrogen (secondary N) is 1. The summed E-state index contributed by atoms with van der Waals surface area (Å²) in [5.74, 6) is -0.319. The fraction of sp³-hybridized carbons (Fsp3) is 0.273. The molecule has 0 aliphatic heterocycles. The van der Waals surface area contributed by atoms with E-state index in [1.54, 1.807) is 25.1 Å². The Kier molecular flexibility index (Phi) is 4.33. The van der Waals surface area contributed by atoms with E-state index in [2.05, 4.69) is 10.5 Å². The summed E-state index contributed by atoms with van der Waals surface area (Å²) >= 11 is 0. The number of hydrogen-bond acceptors (Lipinski definition) is 4. The second kappa shape index (κ2) is 5.74. The molecule has 0 saturated carbocycles. The van der Waals surface area contributed by atoms with Crippen LogP contribution in [0.3, 0.4) is 0 Å². The van der Waals surface area contributed by atoms with Crippen LogP contribution in [-0.2, 0) is 11.2 Å². The molecule has 0 radical (unpaired) electrons. The van der Waals surface area contributed by atoms with E-state index in [0.717, 1.165) is 0 Å². The van der Waals surface area contributed by atoms with Crippen LogP contribution < -0.4 is 11.1 Å². The van der Waals surface area contributed by atoms with Crippen LogP contribution in [0.1, 0.15) is 12.5 Å². The molecule has 0 aliphatic rings. The van der Waals surface area contributed by atoms with Gasteiger partial charge in [-0.1, -0.05) is 23.4 Å². The molecular formula is C11H15N3O3. The molecule has 1 atom stereocenters. The van der Waals surface area contributed by atoms with Gasteiger partial charge in [0.15, 0.2) is 5.84 Å². The number of hydrogen-bond donors (Lipinski definition) is 4. The topological polar surface area (TPSA) is 108 Å². The predicted molar refractivity (Wildman–Crippen MR) is 62.8 cm³/mol. The molecule has 0 aliphatic carbocycles. The maximum atomic E-state index is 11.6. The van der Waals surface area contributed by atoms with Crippen molar-refractivity contribution in [3.8, 4) is 5.75 Å². The van der Waals surface area contributed by atoms with Gasteiger partial charge in [0.1, 0.15) is 5.75 Å². The highest BCUT2D eigenvalue weighted by molar-refractivity contribution is 5.90. The number of rotatable bonds is 4. The van der Waals surface area contributed by atoms with Gasteiger partial charge in [0.05, 0.1) is 12.5 Å². The first-order valence-corrected chi connectivity index (χ1v) is 5.08. The third-order valence-electron chi connectivity index (χ3n) is 2.28. The molecule has 0 fully saturated rings. The Bertz CT molecular complexity index is 432. The monoisotopic (exact) mass is 237 g/mol. The Morgan fingerprint density at radius 1 is 1.53 bits per heavy atom. The molecule has 1 rings (SSSR count). The third kappa shape index (κ3) is 3.67. The number of amides is 1. The van der Waals surface area contributed by atoms with Gasteiger partial charge < -0.3 is 21.4 Å². The van der Waals surface area contributed by atoms with Gasteiger partial charge in [-0.15, -0.1) is 0 Å². The van der Waals surface area contributed by atoms with Gasteiger partial charge in [-0.2, -0.15) is 0 Å². The van der Waals surface area contributed by atoms with E-state index >= 15 is 0 Å². The molecule has 1 aromatic rings. The predicted octanol–water partition coefficient (Wildman–Crippen LogP) is 0.186. The van der Waals surface area contributed by atoms with Crippen LogP contribution in [0, 0.1) is 0 Å². The maximum Gasteiger partial charge on any atom is 0.225 e. The minimum Gasteiger partial charge on any atom is -0.508 e. The summed E-state index contributed by atoms with van der Waals surface area (Å²) in [4.78, 5) is 11.6. The number of benzene rings is 1. The van der Waals surface area contributed by atoms with Crippen molar-refractivity contribution >= 4 is 11.7 Å². The summed E-state index contributed by atoms with van der Waals surface area (Å²) in [7, 11) is 0. The van der Waals surface area contributed by atoms with E-state index in [-0.39, 0.29) is 23.9 Å². The van der Waals surface area contributed by atoms with Crippen molar-refractivity contribution < 1.29 is 15.1 Å². The van der Waals surface area contributed by atoms with Gasteiger partial charge >= 0.3 is 0 Å². The average molecular weight is 237 g/mol. The highest BCUT2D eigenvalue weighted by atomic mass is 16.4. The van der Waals surface area contributed by atoms with E-state index in [1.165, 1.54) is 6.07 Å². The summed E-state index contributed by atoms with van der Waals surface area (Å²) in [6.45, 7) is 1.60. The number of oxime groups is 1. The number of amidine groups is 1. The van der Waals surface area contributed by atoms with Crippen LogP contribution in [0.25, 0.3) is 0 Å². The smallest absolute Gasteiger partial charge is 0.225 e. The van der Waals surface area contributed by atoms with Crippen molar-refractivity contribution in [2.75, 3.05) is 0 Å². The lowest BCUT2D eigenvalue weighted by atomic mass is 10.1. The minimum atomic E-state index is -0.557. The fourth-order valence-electron chi connectivity index (χ4n) is 1.29. The maximum absolute atomic E-state index is 11.6. The summed E-state index contributed by atoms with van der Waals surface area (Å²) in [6, 6.07) is 6.02. The Morgan fingerprint density at radius 3 is 2.76 bits per heavy atom. The Morgan fingerprint density at radius 2 is 2.18 bits per heavy atom. The van der Waals surface area contributed by atoms with E-state index in [4.69, 9.17) is 10.9 Å². The van der Waals surface area contributed by atoms with E-state index in [1.807, 2.05) is 0 Å². The van der Waals surface area contributed by atoms with Crippen molar-refractivity contribution in [3.63, 3.8) is 0 Å². The molecule has 0 bridgehead atoms. The molecule has 1 unspecified atom stereocenters. The van der Waals surface area contributed by atoms with Crippen molar-refractivity contribution in [1.82, 2.24) is 5.32 Å². The minimum absolute atomic E-state index is 0.0374. The average Bonchev–Trinajstić information content (AvgIpc) is 2.31. The second-order valence-electron chi connectivity index (χ2n) is 3.62. The standard InChI is InChI=1S/C11H15N3O3/c1-7(11(12)14-17)13-10(16)6-8-4-2-3-5-9(8)15/h2-5,7,15,17H,6H2,1H3,(H2,12,14)(H,13,16). The molecule has 1 amide bonds. The second-order valence-corrected chi connectivity index (χ2v) is 3.62. The molecule has 0 heterocycles. The lowest BCUT2D eigenvalue weighted by Crippen LogP contribution is -2.43. The molecule has 6 nitrogen and oxygen atoms in total. The first kappa shape index (κ1) is 12.8. The van der Waals surface area contributed by atoms with Crippen molar-refractivity contribution in [2.24, 2.45) is 10.9 Å². The normalized spacial score (nSPS) is 13.1.